The van der Waals surface area contributed by atoms with Gasteiger partial charge < -0.3 is 4.74 Å². The topological polar surface area (TPSA) is 46.6 Å². The monoisotopic (exact) mass is 523 g/mol. The third kappa shape index (κ3) is 4.66. The highest BCUT2D eigenvalue weighted by atomic mass is 16.5. The Labute approximate surface area is 232 Å². The van der Waals surface area contributed by atoms with Gasteiger partial charge in [-0.25, -0.2) is 4.90 Å². The van der Waals surface area contributed by atoms with E-state index in [4.69, 9.17) is 4.74 Å². The van der Waals surface area contributed by atoms with Crippen molar-refractivity contribution in [1.82, 2.24) is 0 Å². The van der Waals surface area contributed by atoms with Crippen LogP contribution in [0, 0.1) is 11.8 Å². The summed E-state index contributed by atoms with van der Waals surface area (Å²) in [6, 6.07) is 16.3. The maximum Gasteiger partial charge on any atom is 0.266 e. The molecule has 3 aromatic carbocycles. The summed E-state index contributed by atoms with van der Waals surface area (Å²) >= 11 is 0. The van der Waals surface area contributed by atoms with Crippen molar-refractivity contribution in [2.45, 2.75) is 97.0 Å². The van der Waals surface area contributed by atoms with Crippen LogP contribution in [0.15, 0.2) is 48.5 Å². The van der Waals surface area contributed by atoms with E-state index in [1.807, 2.05) is 30.3 Å². The van der Waals surface area contributed by atoms with Crippen LogP contribution in [0.1, 0.15) is 123 Å². The van der Waals surface area contributed by atoms with Crippen molar-refractivity contribution in [2.24, 2.45) is 11.8 Å². The number of nitrogens with zero attached hydrogens (tertiary/aromatic N) is 1. The number of benzene rings is 3. The van der Waals surface area contributed by atoms with E-state index < -0.39 is 0 Å². The van der Waals surface area contributed by atoms with E-state index in [0.717, 1.165) is 34.9 Å². The number of amides is 2. The van der Waals surface area contributed by atoms with Gasteiger partial charge in [0.1, 0.15) is 11.9 Å². The van der Waals surface area contributed by atoms with E-state index in [-0.39, 0.29) is 17.9 Å². The highest BCUT2D eigenvalue weighted by molar-refractivity contribution is 6.36. The Hall–Kier alpha value is -3.14. The van der Waals surface area contributed by atoms with Crippen LogP contribution in [0.25, 0.3) is 10.8 Å². The van der Waals surface area contributed by atoms with Crippen LogP contribution in [-0.2, 0) is 0 Å². The summed E-state index contributed by atoms with van der Waals surface area (Å²) in [5, 5.41) is 1.62. The molecule has 0 radical (unpaired) electrons. The molecule has 2 saturated carbocycles. The Bertz CT molecular complexity index is 1400. The molecule has 4 heteroatoms. The van der Waals surface area contributed by atoms with Gasteiger partial charge >= 0.3 is 0 Å². The van der Waals surface area contributed by atoms with Crippen molar-refractivity contribution < 1.29 is 14.3 Å². The maximum absolute atomic E-state index is 14.4. The third-order valence-electron chi connectivity index (χ3n) is 9.32. The Morgan fingerprint density at radius 1 is 0.744 bits per heavy atom. The van der Waals surface area contributed by atoms with Crippen molar-refractivity contribution in [2.75, 3.05) is 4.90 Å². The van der Waals surface area contributed by atoms with Crippen LogP contribution in [0.4, 0.5) is 5.69 Å². The molecule has 1 aliphatic heterocycles. The molecule has 3 aliphatic rings. The van der Waals surface area contributed by atoms with E-state index >= 15 is 0 Å². The van der Waals surface area contributed by atoms with Crippen molar-refractivity contribution in [3.05, 3.63) is 70.8 Å². The minimum absolute atomic E-state index is 0.0336. The molecule has 6 rings (SSSR count). The molecule has 0 atom stereocenters. The fourth-order valence-corrected chi connectivity index (χ4v) is 7.42. The van der Waals surface area contributed by atoms with Crippen molar-refractivity contribution in [3.8, 4) is 5.75 Å². The predicted octanol–water partition coefficient (Wildman–Crippen LogP) is 9.02. The lowest BCUT2D eigenvalue weighted by molar-refractivity contribution is 0.0890. The van der Waals surface area contributed by atoms with Gasteiger partial charge in [-0.15, -0.1) is 0 Å². The number of carbonyl (C=O) groups is 2. The lowest BCUT2D eigenvalue weighted by Gasteiger charge is -2.32. The van der Waals surface area contributed by atoms with E-state index in [1.165, 1.54) is 49.0 Å². The number of rotatable bonds is 7. The van der Waals surface area contributed by atoms with Crippen LogP contribution in [0.2, 0.25) is 0 Å². The van der Waals surface area contributed by atoms with Crippen molar-refractivity contribution in [3.63, 3.8) is 0 Å². The van der Waals surface area contributed by atoms with Crippen molar-refractivity contribution >= 4 is 28.3 Å². The molecule has 4 nitrogen and oxygen atoms in total. The molecule has 0 saturated heterocycles. The molecule has 2 amide bonds. The number of hydrogen-bond acceptors (Lipinski definition) is 3. The molecule has 0 spiro atoms. The first-order valence-electron chi connectivity index (χ1n) is 15.1. The molecule has 3 aromatic rings. The first-order chi connectivity index (χ1) is 18.8. The van der Waals surface area contributed by atoms with Crippen LogP contribution in [0.3, 0.4) is 0 Å². The second-order valence-electron chi connectivity index (χ2n) is 12.7. The smallest absolute Gasteiger partial charge is 0.266 e. The molecule has 204 valence electrons. The second-order valence-corrected chi connectivity index (χ2v) is 12.7. The largest absolute Gasteiger partial charge is 0.490 e. The Morgan fingerprint density at radius 2 is 1.38 bits per heavy atom. The Balaban J connectivity index is 1.48. The fourth-order valence-electron chi connectivity index (χ4n) is 7.42. The SMILES string of the molecule is CC(C)C(Oc1cc2c3c(cccc3c1)C(=O)N(c1cc(C3CCCC3)ccc1C1CCCC1)C2=O)C(C)C. The van der Waals surface area contributed by atoms with E-state index in [2.05, 4.69) is 45.9 Å². The van der Waals surface area contributed by atoms with Gasteiger partial charge in [-0.05, 0) is 90.1 Å². The zero-order chi connectivity index (χ0) is 27.3. The maximum atomic E-state index is 14.4. The average Bonchev–Trinajstić information content (AvgIpc) is 3.65. The molecule has 2 fully saturated rings. The first-order valence-corrected chi connectivity index (χ1v) is 15.1. The van der Waals surface area contributed by atoms with E-state index in [0.29, 0.717) is 40.5 Å². The van der Waals surface area contributed by atoms with Gasteiger partial charge in [-0.3, -0.25) is 9.59 Å². The molecule has 2 aliphatic carbocycles. The molecular formula is C35H41NO3. The highest BCUT2D eigenvalue weighted by Crippen LogP contribution is 2.45. The minimum atomic E-state index is -0.234. The van der Waals surface area contributed by atoms with Gasteiger partial charge in [0.15, 0.2) is 0 Å². The predicted molar refractivity (Wildman–Crippen MR) is 158 cm³/mol. The van der Waals surface area contributed by atoms with Crippen molar-refractivity contribution in [1.29, 1.82) is 0 Å². The lowest BCUT2D eigenvalue weighted by atomic mass is 9.88. The van der Waals surface area contributed by atoms with Gasteiger partial charge in [0, 0.05) is 10.9 Å². The summed E-state index contributed by atoms with van der Waals surface area (Å²) in [4.78, 5) is 30.0. The summed E-state index contributed by atoms with van der Waals surface area (Å²) < 4.78 is 6.50. The molecule has 1 heterocycles. The average molecular weight is 524 g/mol. The first kappa shape index (κ1) is 26.1. The van der Waals surface area contributed by atoms with Crippen LogP contribution < -0.4 is 9.64 Å². The molecule has 39 heavy (non-hydrogen) atoms. The lowest BCUT2D eigenvalue weighted by Crippen LogP contribution is -2.41. The highest BCUT2D eigenvalue weighted by Gasteiger charge is 2.37. The molecule has 0 N–H and O–H groups in total. The van der Waals surface area contributed by atoms with Crippen LogP contribution in [-0.4, -0.2) is 17.9 Å². The normalized spacial score (nSPS) is 18.5. The van der Waals surface area contributed by atoms with E-state index in [1.54, 1.807) is 0 Å². The standard InChI is InChI=1S/C35H41NO3/c1-21(2)33(22(3)4)39-27-18-26-14-9-15-29-32(26)30(20-27)35(38)36(34(29)37)31-19-25(23-10-5-6-11-23)16-17-28(31)24-12-7-8-13-24/h9,14-24,33H,5-8,10-13H2,1-4H3. The summed E-state index contributed by atoms with van der Waals surface area (Å²) in [6.07, 6.45) is 9.52. The number of imide groups is 1. The van der Waals surface area contributed by atoms with Gasteiger partial charge in [0.05, 0.1) is 11.3 Å². The van der Waals surface area contributed by atoms with Crippen LogP contribution >= 0.6 is 0 Å². The second kappa shape index (κ2) is 10.4. The minimum Gasteiger partial charge on any atom is -0.490 e. The summed E-state index contributed by atoms with van der Waals surface area (Å²) in [7, 11) is 0. The van der Waals surface area contributed by atoms with Gasteiger partial charge in [-0.2, -0.15) is 0 Å². The number of ether oxygens (including phenoxy) is 1. The third-order valence-corrected chi connectivity index (χ3v) is 9.32. The summed E-state index contributed by atoms with van der Waals surface area (Å²) in [5.41, 5.74) is 4.38. The quantitative estimate of drug-likeness (QED) is 0.290. The molecule has 0 bridgehead atoms. The molecule has 0 aromatic heterocycles. The zero-order valence-electron chi connectivity index (χ0n) is 23.8. The number of carbonyl (C=O) groups excluding carboxylic acids is 2. The number of hydrogen-bond donors (Lipinski definition) is 0. The number of anilines is 1. The van der Waals surface area contributed by atoms with Gasteiger partial charge in [0.25, 0.3) is 11.8 Å². The van der Waals surface area contributed by atoms with Crippen LogP contribution in [0.5, 0.6) is 5.75 Å². The van der Waals surface area contributed by atoms with Gasteiger partial charge in [-0.1, -0.05) is 77.6 Å². The zero-order valence-corrected chi connectivity index (χ0v) is 23.8. The van der Waals surface area contributed by atoms with E-state index in [9.17, 15) is 9.59 Å². The van der Waals surface area contributed by atoms with Gasteiger partial charge in [0.2, 0.25) is 0 Å². The molecular weight excluding hydrogens is 482 g/mol. The summed E-state index contributed by atoms with van der Waals surface area (Å²) in [5.74, 6) is 1.83. The fraction of sp³-hybridized carbons (Fsp3) is 0.486. The molecule has 0 unspecified atom stereocenters. The Kier molecular flexibility index (Phi) is 6.99. The summed E-state index contributed by atoms with van der Waals surface area (Å²) in [6.45, 7) is 8.67. The Morgan fingerprint density at radius 3 is 2.05 bits per heavy atom.